The minimum absolute atomic E-state index is 0.0562. The Balaban J connectivity index is 1.42. The van der Waals surface area contributed by atoms with E-state index in [2.05, 4.69) is 6.92 Å². The summed E-state index contributed by atoms with van der Waals surface area (Å²) in [6, 6.07) is -1.09. The number of rotatable bonds is 28. The van der Waals surface area contributed by atoms with Crippen LogP contribution in [0.2, 0.25) is 0 Å². The lowest BCUT2D eigenvalue weighted by atomic mass is 9.79. The average molecular weight is 944 g/mol. The van der Waals surface area contributed by atoms with E-state index in [1.165, 1.54) is 7.11 Å². The summed E-state index contributed by atoms with van der Waals surface area (Å²) < 4.78 is 28.3. The van der Waals surface area contributed by atoms with E-state index in [0.717, 1.165) is 42.6 Å². The molecule has 3 rings (SSSR count). The number of carbonyl (C=O) groups excluding carboxylic acids is 4. The van der Waals surface area contributed by atoms with Crippen molar-refractivity contribution in [2.45, 2.75) is 181 Å². The van der Waals surface area contributed by atoms with Gasteiger partial charge in [0.05, 0.1) is 31.5 Å². The second kappa shape index (κ2) is 29.0. The Hall–Kier alpha value is -3.37. The molecule has 3 fully saturated rings. The van der Waals surface area contributed by atoms with Gasteiger partial charge in [0.25, 0.3) is 11.7 Å². The second-order valence-corrected chi connectivity index (χ2v) is 19.9. The highest BCUT2D eigenvalue weighted by Gasteiger charge is 2.52. The van der Waals surface area contributed by atoms with Gasteiger partial charge in [0.2, 0.25) is 5.79 Å². The molecular formula is C53H85NO13. The molecule has 0 radical (unpaired) electrons. The third-order valence-corrected chi connectivity index (χ3v) is 14.3. The van der Waals surface area contributed by atoms with Crippen LogP contribution in [0.5, 0.6) is 0 Å². The number of Topliss-reactive ketones (excluding diaryl/α,β-unsaturated/α-hetero) is 3. The van der Waals surface area contributed by atoms with E-state index >= 15 is 0 Å². The van der Waals surface area contributed by atoms with Crippen molar-refractivity contribution >= 4 is 29.2 Å². The first-order chi connectivity index (χ1) is 31.8. The number of ketones is 3. The number of nitrogens with zero attached hydrogens (tertiary/aromatic N) is 1. The van der Waals surface area contributed by atoms with Gasteiger partial charge in [-0.2, -0.15) is 0 Å². The lowest BCUT2D eigenvalue weighted by Gasteiger charge is -2.42. The van der Waals surface area contributed by atoms with Gasteiger partial charge >= 0.3 is 5.97 Å². The normalized spacial score (nSPS) is 28.2. The Bertz CT molecular complexity index is 1720. The molecule has 2 aliphatic heterocycles. The molecular weight excluding hydrogens is 859 g/mol. The minimum Gasteiger partial charge on any atom is -0.480 e. The lowest BCUT2D eigenvalue weighted by Crippen LogP contribution is -2.60. The number of hydrogen-bond acceptors (Lipinski definition) is 12. The Labute approximate surface area is 400 Å². The van der Waals surface area contributed by atoms with Crippen LogP contribution in [0.4, 0.5) is 0 Å². The van der Waals surface area contributed by atoms with Gasteiger partial charge in [0, 0.05) is 52.0 Å². The SMILES string of the molecule is COCCO[C@@H]1CC[C@@H](C[C@@H](C)CCC(=O)[C@H](C)/C=C(\C)[C@@H](O)[C@@H](OC)C(=O)[C@H](C)C[C@H](C)/C=C/C=C/C=C(\C)CC[C@@H]2CC[C@@H](C)[C@](O)(C(=O)C(=O)N3CCCC[C@H]3C(=O)O)O2)C[C@H]1OC. The number of hydrogen-bond donors (Lipinski definition) is 3. The monoisotopic (exact) mass is 944 g/mol. The smallest absolute Gasteiger partial charge is 0.326 e. The molecule has 0 aromatic carbocycles. The molecule has 2 heterocycles. The van der Waals surface area contributed by atoms with Crippen molar-refractivity contribution in [1.29, 1.82) is 0 Å². The number of ether oxygens (including phenoxy) is 5. The van der Waals surface area contributed by atoms with Gasteiger partial charge in [-0.05, 0) is 121 Å². The summed E-state index contributed by atoms with van der Waals surface area (Å²) in [7, 11) is 4.83. The van der Waals surface area contributed by atoms with Crippen LogP contribution < -0.4 is 0 Å². The molecule has 13 atom stereocenters. The molecule has 67 heavy (non-hydrogen) atoms. The third-order valence-electron chi connectivity index (χ3n) is 14.3. The molecule has 3 N–H and O–H groups in total. The largest absolute Gasteiger partial charge is 0.480 e. The number of amides is 1. The van der Waals surface area contributed by atoms with Crippen LogP contribution in [0.15, 0.2) is 47.6 Å². The topological polar surface area (TPSA) is 195 Å². The summed E-state index contributed by atoms with van der Waals surface area (Å²) in [6.07, 6.45) is 18.5. The molecule has 380 valence electrons. The van der Waals surface area contributed by atoms with Gasteiger partial charge in [-0.1, -0.05) is 76.6 Å². The zero-order valence-electron chi connectivity index (χ0n) is 42.3. The number of aliphatic carboxylic acids is 1. The molecule has 0 aromatic rings. The van der Waals surface area contributed by atoms with Crippen molar-refractivity contribution in [1.82, 2.24) is 4.90 Å². The number of carboxylic acid groups (broad SMARTS) is 1. The van der Waals surface area contributed by atoms with Crippen molar-refractivity contribution in [3.8, 4) is 0 Å². The minimum atomic E-state index is -2.31. The fourth-order valence-electron chi connectivity index (χ4n) is 9.95. The molecule has 14 heteroatoms. The molecule has 0 unspecified atom stereocenters. The Morgan fingerprint density at radius 1 is 0.896 bits per heavy atom. The van der Waals surface area contributed by atoms with Gasteiger partial charge in [-0.3, -0.25) is 19.2 Å². The van der Waals surface area contributed by atoms with Crippen molar-refractivity contribution < 1.29 is 63.0 Å². The predicted molar refractivity (Wildman–Crippen MR) is 257 cm³/mol. The predicted octanol–water partition coefficient (Wildman–Crippen LogP) is 7.78. The summed E-state index contributed by atoms with van der Waals surface area (Å²) in [4.78, 5) is 66.1. The lowest BCUT2D eigenvalue weighted by molar-refractivity contribution is -0.263. The van der Waals surface area contributed by atoms with Gasteiger partial charge in [-0.15, -0.1) is 0 Å². The van der Waals surface area contributed by atoms with Crippen LogP contribution in [-0.4, -0.2) is 133 Å². The van der Waals surface area contributed by atoms with E-state index < -0.39 is 65.6 Å². The van der Waals surface area contributed by atoms with Crippen LogP contribution in [0, 0.1) is 35.5 Å². The first-order valence-corrected chi connectivity index (χ1v) is 24.9. The number of carboxylic acids is 1. The van der Waals surface area contributed by atoms with E-state index in [1.807, 2.05) is 58.1 Å². The van der Waals surface area contributed by atoms with Gasteiger partial charge in [0.15, 0.2) is 5.78 Å². The number of allylic oxidation sites excluding steroid dienone is 7. The Morgan fingerprint density at radius 2 is 1.63 bits per heavy atom. The van der Waals surface area contributed by atoms with Gasteiger partial charge in [-0.25, -0.2) is 4.79 Å². The van der Waals surface area contributed by atoms with Crippen molar-refractivity contribution in [2.75, 3.05) is 41.1 Å². The standard InChI is InChI=1S/C53H85NO13/c1-34(19-23-42-24-21-40(7)53(62,67-42)50(58)51(59)54-27-15-14-18-43(54)52(60)61)16-12-11-13-17-35(2)30-38(5)47(56)49(65-10)48(57)39(6)32-37(4)44(55)25-20-36(3)31-41-22-26-45(46(33-41)64-9)66-29-28-63-8/h11-13,16-17,32,35-38,40-43,45-46,48-49,57,62H,14-15,18-31,33H2,1-10H3,(H,60,61)/b12-11+,17-13+,34-16+,39-32+/t35-,36+,37-,38-,40-,41+,42-,43+,45-,46-,48-,49+,53-/m1/s1. The molecule has 0 spiro atoms. The molecule has 1 saturated carbocycles. The van der Waals surface area contributed by atoms with E-state index in [1.54, 1.807) is 34.1 Å². The first-order valence-electron chi connectivity index (χ1n) is 24.9. The summed E-state index contributed by atoms with van der Waals surface area (Å²) in [5.74, 6) is -6.13. The van der Waals surface area contributed by atoms with Gasteiger partial charge in [0.1, 0.15) is 24.0 Å². The number of methoxy groups -OCH3 is 3. The molecule has 0 aromatic heterocycles. The average Bonchev–Trinajstić information content (AvgIpc) is 3.30. The van der Waals surface area contributed by atoms with E-state index in [0.29, 0.717) is 82.0 Å². The summed E-state index contributed by atoms with van der Waals surface area (Å²) >= 11 is 0. The number of aliphatic hydroxyl groups is 2. The summed E-state index contributed by atoms with van der Waals surface area (Å²) in [6.45, 7) is 14.6. The van der Waals surface area contributed by atoms with Crippen molar-refractivity contribution in [2.24, 2.45) is 35.5 Å². The maximum atomic E-state index is 13.6. The third kappa shape index (κ3) is 17.8. The summed E-state index contributed by atoms with van der Waals surface area (Å²) in [5, 5.41) is 32.2. The molecule has 1 aliphatic carbocycles. The van der Waals surface area contributed by atoms with E-state index in [9.17, 15) is 39.3 Å². The number of carbonyl (C=O) groups is 5. The maximum Gasteiger partial charge on any atom is 0.326 e. The fourth-order valence-corrected chi connectivity index (χ4v) is 9.95. The van der Waals surface area contributed by atoms with Crippen LogP contribution in [0.3, 0.4) is 0 Å². The maximum absolute atomic E-state index is 13.6. The molecule has 1 amide bonds. The summed E-state index contributed by atoms with van der Waals surface area (Å²) in [5.41, 5.74) is 1.59. The molecule has 14 nitrogen and oxygen atoms in total. The Kier molecular flexibility index (Phi) is 25.0. The highest BCUT2D eigenvalue weighted by molar-refractivity contribution is 6.39. The quantitative estimate of drug-likeness (QED) is 0.0298. The van der Waals surface area contributed by atoms with Crippen LogP contribution in [-0.2, 0) is 47.7 Å². The number of aliphatic hydroxyl groups excluding tert-OH is 1. The highest BCUT2D eigenvalue weighted by Crippen LogP contribution is 2.37. The first kappa shape index (κ1) is 57.9. The number of likely N-dealkylation sites (tertiary alicyclic amines) is 1. The van der Waals surface area contributed by atoms with E-state index in [4.69, 9.17) is 23.7 Å². The zero-order chi connectivity index (χ0) is 49.8. The van der Waals surface area contributed by atoms with Crippen LogP contribution >= 0.6 is 0 Å². The van der Waals surface area contributed by atoms with Crippen LogP contribution in [0.25, 0.3) is 0 Å². The Morgan fingerprint density at radius 3 is 2.30 bits per heavy atom. The molecule has 3 aliphatic rings. The molecule has 2 saturated heterocycles. The number of piperidine rings is 1. The van der Waals surface area contributed by atoms with Gasteiger partial charge < -0.3 is 43.9 Å². The second-order valence-electron chi connectivity index (χ2n) is 19.9. The molecule has 0 bridgehead atoms. The zero-order valence-corrected chi connectivity index (χ0v) is 42.3. The fraction of sp³-hybridized carbons (Fsp3) is 0.755. The van der Waals surface area contributed by atoms with Crippen molar-refractivity contribution in [3.05, 3.63) is 47.6 Å². The highest BCUT2D eigenvalue weighted by atomic mass is 16.6. The van der Waals surface area contributed by atoms with E-state index in [-0.39, 0.29) is 42.7 Å². The van der Waals surface area contributed by atoms with Crippen molar-refractivity contribution in [3.63, 3.8) is 0 Å². The van der Waals surface area contributed by atoms with Crippen LogP contribution in [0.1, 0.15) is 138 Å².